The Morgan fingerprint density at radius 1 is 1.15 bits per heavy atom. The number of piperidine rings is 1. The lowest BCUT2D eigenvalue weighted by atomic mass is 9.82. The van der Waals surface area contributed by atoms with Crippen molar-refractivity contribution in [3.05, 3.63) is 0 Å². The molecule has 0 radical (unpaired) electrons. The summed E-state index contributed by atoms with van der Waals surface area (Å²) in [5, 5.41) is 0. The normalized spacial score (nSPS) is 35.9. The number of ether oxygens (including phenoxy) is 1. The molecule has 0 spiro atoms. The molecule has 0 bridgehead atoms. The van der Waals surface area contributed by atoms with E-state index in [1.54, 1.807) is 0 Å². The number of nitrogens with zero attached hydrogens (tertiary/aromatic N) is 1. The van der Waals surface area contributed by atoms with E-state index in [9.17, 15) is 4.79 Å². The van der Waals surface area contributed by atoms with Crippen LogP contribution in [0, 0.1) is 11.8 Å². The molecule has 0 amide bonds. The molecule has 2 aliphatic heterocycles. The highest BCUT2D eigenvalue weighted by atomic mass is 16.5. The maximum Gasteiger partial charge on any atom is 0.310 e. The van der Waals surface area contributed by atoms with Gasteiger partial charge in [-0.2, -0.15) is 0 Å². The molecular formula is C17H29NO2. The van der Waals surface area contributed by atoms with E-state index in [2.05, 4.69) is 11.8 Å². The molecule has 0 unspecified atom stereocenters. The first kappa shape index (κ1) is 14.4. The van der Waals surface area contributed by atoms with Crippen LogP contribution in [0.5, 0.6) is 0 Å². The Labute approximate surface area is 123 Å². The molecule has 3 nitrogen and oxygen atoms in total. The molecule has 0 N–H and O–H groups in total. The van der Waals surface area contributed by atoms with Crippen molar-refractivity contribution < 1.29 is 9.53 Å². The van der Waals surface area contributed by atoms with Gasteiger partial charge in [-0.1, -0.05) is 32.6 Å². The van der Waals surface area contributed by atoms with E-state index in [1.165, 1.54) is 57.9 Å². The Hall–Kier alpha value is -0.570. The van der Waals surface area contributed by atoms with E-state index in [1.807, 2.05) is 0 Å². The van der Waals surface area contributed by atoms with E-state index < -0.39 is 0 Å². The van der Waals surface area contributed by atoms with Gasteiger partial charge in [0.05, 0.1) is 12.0 Å². The van der Waals surface area contributed by atoms with Gasteiger partial charge in [0, 0.05) is 12.6 Å². The third kappa shape index (κ3) is 2.88. The van der Waals surface area contributed by atoms with Gasteiger partial charge in [0.25, 0.3) is 0 Å². The molecule has 1 aliphatic carbocycles. The first-order valence-corrected chi connectivity index (χ1v) is 8.72. The number of carbonyl (C=O) groups excluding carboxylic acids is 1. The van der Waals surface area contributed by atoms with Crippen molar-refractivity contribution in [1.82, 2.24) is 4.90 Å². The van der Waals surface area contributed by atoms with Gasteiger partial charge in [0.15, 0.2) is 0 Å². The number of fused-ring (bicyclic) bond motifs is 1. The number of rotatable bonds is 4. The smallest absolute Gasteiger partial charge is 0.310 e. The molecule has 1 saturated carbocycles. The molecule has 3 rings (SSSR count). The molecule has 3 atom stereocenters. The van der Waals surface area contributed by atoms with Crippen LogP contribution in [0.1, 0.15) is 64.7 Å². The van der Waals surface area contributed by atoms with E-state index in [4.69, 9.17) is 4.74 Å². The van der Waals surface area contributed by atoms with E-state index in [0.717, 1.165) is 12.3 Å². The summed E-state index contributed by atoms with van der Waals surface area (Å²) in [6, 6.07) is 1.08. The van der Waals surface area contributed by atoms with Gasteiger partial charge in [-0.3, -0.25) is 9.69 Å². The fraction of sp³-hybridized carbons (Fsp3) is 0.941. The van der Waals surface area contributed by atoms with Gasteiger partial charge in [0.1, 0.15) is 6.61 Å². The molecule has 0 aromatic carbocycles. The second kappa shape index (κ2) is 6.46. The third-order valence-corrected chi connectivity index (χ3v) is 5.69. The summed E-state index contributed by atoms with van der Waals surface area (Å²) in [7, 11) is 0. The van der Waals surface area contributed by atoms with Crippen LogP contribution in [0.3, 0.4) is 0 Å². The topological polar surface area (TPSA) is 29.5 Å². The second-order valence-corrected chi connectivity index (χ2v) is 7.02. The summed E-state index contributed by atoms with van der Waals surface area (Å²) in [6.07, 6.45) is 11.8. The van der Waals surface area contributed by atoms with Gasteiger partial charge in [-0.15, -0.1) is 0 Å². The van der Waals surface area contributed by atoms with Crippen LogP contribution < -0.4 is 0 Å². The quantitative estimate of drug-likeness (QED) is 0.739. The monoisotopic (exact) mass is 279 g/mol. The molecule has 0 aromatic rings. The number of likely N-dealkylation sites (tertiary alicyclic amines) is 1. The summed E-state index contributed by atoms with van der Waals surface area (Å²) < 4.78 is 5.37. The zero-order chi connectivity index (χ0) is 13.9. The van der Waals surface area contributed by atoms with Crippen LogP contribution in [-0.2, 0) is 9.53 Å². The maximum atomic E-state index is 11.9. The summed E-state index contributed by atoms with van der Waals surface area (Å²) in [5.41, 5.74) is 0. The Kier molecular flexibility index (Phi) is 4.65. The Morgan fingerprint density at radius 3 is 2.70 bits per heavy atom. The van der Waals surface area contributed by atoms with E-state index in [0.29, 0.717) is 18.7 Å². The highest BCUT2D eigenvalue weighted by molar-refractivity contribution is 5.75. The van der Waals surface area contributed by atoms with Crippen LogP contribution in [0.25, 0.3) is 0 Å². The van der Waals surface area contributed by atoms with Crippen molar-refractivity contribution in [2.45, 2.75) is 76.8 Å². The standard InChI is InChI=1S/C17H29NO2/c1-2-6-14-9-10-15-16(12-20-17(15)19)18(14)11-13-7-4-3-5-8-13/h13-16H,2-12H2,1H3/t14-,15-,16-/m0/s1. The number of esters is 1. The van der Waals surface area contributed by atoms with Gasteiger partial charge in [-0.05, 0) is 38.0 Å². The molecule has 2 heterocycles. The number of hydrogen-bond donors (Lipinski definition) is 0. The summed E-state index contributed by atoms with van der Waals surface area (Å²) in [4.78, 5) is 14.5. The predicted octanol–water partition coefficient (Wildman–Crippen LogP) is 3.37. The number of hydrogen-bond acceptors (Lipinski definition) is 3. The molecule has 3 aliphatic rings. The van der Waals surface area contributed by atoms with Gasteiger partial charge >= 0.3 is 5.97 Å². The van der Waals surface area contributed by atoms with Crippen LogP contribution in [0.4, 0.5) is 0 Å². The predicted molar refractivity (Wildman–Crippen MR) is 79.4 cm³/mol. The summed E-state index contributed by atoms with van der Waals surface area (Å²) >= 11 is 0. The molecule has 0 aromatic heterocycles. The molecule has 2 saturated heterocycles. The molecule has 114 valence electrons. The Balaban J connectivity index is 1.68. The van der Waals surface area contributed by atoms with Crippen molar-refractivity contribution in [2.24, 2.45) is 11.8 Å². The number of carbonyl (C=O) groups is 1. The molecular weight excluding hydrogens is 250 g/mol. The third-order valence-electron chi connectivity index (χ3n) is 5.69. The zero-order valence-corrected chi connectivity index (χ0v) is 12.9. The minimum absolute atomic E-state index is 0.0681. The van der Waals surface area contributed by atoms with Crippen molar-refractivity contribution >= 4 is 5.97 Å². The fourth-order valence-corrected chi connectivity index (χ4v) is 4.59. The van der Waals surface area contributed by atoms with Crippen LogP contribution in [-0.4, -0.2) is 36.1 Å². The highest BCUT2D eigenvalue weighted by Gasteiger charge is 2.46. The fourth-order valence-electron chi connectivity index (χ4n) is 4.59. The number of cyclic esters (lactones) is 1. The van der Waals surface area contributed by atoms with Crippen LogP contribution >= 0.6 is 0 Å². The lowest BCUT2D eigenvalue weighted by Gasteiger charge is -2.44. The van der Waals surface area contributed by atoms with E-state index in [-0.39, 0.29) is 11.9 Å². The second-order valence-electron chi connectivity index (χ2n) is 7.02. The average molecular weight is 279 g/mol. The van der Waals surface area contributed by atoms with E-state index >= 15 is 0 Å². The highest BCUT2D eigenvalue weighted by Crippen LogP contribution is 2.37. The van der Waals surface area contributed by atoms with Gasteiger partial charge in [-0.25, -0.2) is 0 Å². The van der Waals surface area contributed by atoms with Crippen LogP contribution in [0.2, 0.25) is 0 Å². The molecule has 3 heteroatoms. The van der Waals surface area contributed by atoms with Gasteiger partial charge < -0.3 is 4.74 Å². The lowest BCUT2D eigenvalue weighted by molar-refractivity contribution is -0.141. The first-order valence-electron chi connectivity index (χ1n) is 8.72. The molecule has 20 heavy (non-hydrogen) atoms. The minimum Gasteiger partial charge on any atom is -0.464 e. The minimum atomic E-state index is 0.0681. The lowest BCUT2D eigenvalue weighted by Crippen LogP contribution is -2.53. The van der Waals surface area contributed by atoms with Crippen molar-refractivity contribution in [2.75, 3.05) is 13.2 Å². The first-order chi connectivity index (χ1) is 9.79. The van der Waals surface area contributed by atoms with Gasteiger partial charge in [0.2, 0.25) is 0 Å². The Morgan fingerprint density at radius 2 is 1.95 bits per heavy atom. The summed E-state index contributed by atoms with van der Waals surface area (Å²) in [6.45, 7) is 4.14. The maximum absolute atomic E-state index is 11.9. The largest absolute Gasteiger partial charge is 0.464 e. The average Bonchev–Trinajstić information content (AvgIpc) is 2.85. The van der Waals surface area contributed by atoms with Crippen molar-refractivity contribution in [3.63, 3.8) is 0 Å². The zero-order valence-electron chi connectivity index (χ0n) is 12.9. The van der Waals surface area contributed by atoms with Crippen molar-refractivity contribution in [3.8, 4) is 0 Å². The SMILES string of the molecule is CCC[C@H]1CC[C@@H]2C(=O)OC[C@@H]2N1CC1CCCCC1. The van der Waals surface area contributed by atoms with Crippen LogP contribution in [0.15, 0.2) is 0 Å². The summed E-state index contributed by atoms with van der Waals surface area (Å²) in [5.74, 6) is 1.10. The molecule has 3 fully saturated rings. The Bertz CT molecular complexity index is 338. The van der Waals surface area contributed by atoms with Crippen molar-refractivity contribution in [1.29, 1.82) is 0 Å².